The second kappa shape index (κ2) is 5.89. The molecule has 1 aliphatic carbocycles. The van der Waals surface area contributed by atoms with Crippen molar-refractivity contribution in [3.8, 4) is 11.5 Å². The van der Waals surface area contributed by atoms with E-state index in [9.17, 15) is 0 Å². The lowest BCUT2D eigenvalue weighted by molar-refractivity contribution is 0.276. The number of nitrogens with one attached hydrogen (secondary N) is 1. The quantitative estimate of drug-likeness (QED) is 0.702. The normalized spacial score (nSPS) is 14.7. The van der Waals surface area contributed by atoms with Crippen LogP contribution in [0.4, 0.5) is 0 Å². The largest absolute Gasteiger partial charge is 0.493 e. The first-order chi connectivity index (χ1) is 8.33. The Morgan fingerprint density at radius 3 is 2.82 bits per heavy atom. The number of hydrogen-bond acceptors (Lipinski definition) is 4. The molecule has 0 aromatic heterocycles. The smallest absolute Gasteiger partial charge is 0.161 e. The summed E-state index contributed by atoms with van der Waals surface area (Å²) in [5.41, 5.74) is 0.824. The second-order valence-electron chi connectivity index (χ2n) is 4.22. The molecule has 1 saturated carbocycles. The first-order valence-electron chi connectivity index (χ1n) is 5.97. The van der Waals surface area contributed by atoms with Gasteiger partial charge in [-0.15, -0.1) is 0 Å². The van der Waals surface area contributed by atoms with E-state index in [4.69, 9.17) is 14.6 Å². The molecule has 17 heavy (non-hydrogen) atoms. The lowest BCUT2D eigenvalue weighted by atomic mass is 10.2. The van der Waals surface area contributed by atoms with Gasteiger partial charge in [0.25, 0.3) is 0 Å². The van der Waals surface area contributed by atoms with E-state index in [1.54, 1.807) is 13.2 Å². The summed E-state index contributed by atoms with van der Waals surface area (Å²) in [5, 5.41) is 12.4. The number of methoxy groups -OCH3 is 1. The van der Waals surface area contributed by atoms with Crippen LogP contribution in [0.2, 0.25) is 0 Å². The molecule has 0 amide bonds. The molecule has 0 heterocycles. The standard InChI is InChI=1S/C13H19NO3/c1-16-13-8-10(9-15)2-5-12(13)17-7-6-14-11-3-4-11/h2,5,8,11,14-15H,3-4,6-7,9H2,1H3. The minimum absolute atomic E-state index is 0.0138. The van der Waals surface area contributed by atoms with Gasteiger partial charge in [0.05, 0.1) is 13.7 Å². The van der Waals surface area contributed by atoms with Crippen LogP contribution in [0.1, 0.15) is 18.4 Å². The average molecular weight is 237 g/mol. The molecule has 0 saturated heterocycles. The molecular weight excluding hydrogens is 218 g/mol. The van der Waals surface area contributed by atoms with Crippen LogP contribution in [0.15, 0.2) is 18.2 Å². The summed E-state index contributed by atoms with van der Waals surface area (Å²) in [6.45, 7) is 1.50. The van der Waals surface area contributed by atoms with Gasteiger partial charge in [-0.3, -0.25) is 0 Å². The summed E-state index contributed by atoms with van der Waals surface area (Å²) in [4.78, 5) is 0. The predicted molar refractivity (Wildman–Crippen MR) is 65.4 cm³/mol. The number of benzene rings is 1. The zero-order chi connectivity index (χ0) is 12.1. The van der Waals surface area contributed by atoms with Crippen molar-refractivity contribution in [1.82, 2.24) is 5.32 Å². The number of rotatable bonds is 7. The van der Waals surface area contributed by atoms with Crippen LogP contribution < -0.4 is 14.8 Å². The molecule has 0 spiro atoms. The van der Waals surface area contributed by atoms with Gasteiger partial charge in [-0.2, -0.15) is 0 Å². The lowest BCUT2D eigenvalue weighted by Gasteiger charge is -2.11. The van der Waals surface area contributed by atoms with Crippen molar-refractivity contribution in [3.63, 3.8) is 0 Å². The Kier molecular flexibility index (Phi) is 4.23. The fraction of sp³-hybridized carbons (Fsp3) is 0.538. The van der Waals surface area contributed by atoms with Crippen molar-refractivity contribution >= 4 is 0 Å². The number of ether oxygens (including phenoxy) is 2. The van der Waals surface area contributed by atoms with E-state index in [0.717, 1.165) is 17.9 Å². The van der Waals surface area contributed by atoms with Crippen LogP contribution in [0.3, 0.4) is 0 Å². The highest BCUT2D eigenvalue weighted by Gasteiger charge is 2.19. The molecular formula is C13H19NO3. The Morgan fingerprint density at radius 2 is 2.18 bits per heavy atom. The van der Waals surface area contributed by atoms with E-state index in [-0.39, 0.29) is 6.61 Å². The first-order valence-corrected chi connectivity index (χ1v) is 5.97. The molecule has 1 aliphatic rings. The third-order valence-electron chi connectivity index (χ3n) is 2.78. The summed E-state index contributed by atoms with van der Waals surface area (Å²) in [5.74, 6) is 1.39. The maximum Gasteiger partial charge on any atom is 0.161 e. The van der Waals surface area contributed by atoms with E-state index in [1.807, 2.05) is 12.1 Å². The van der Waals surface area contributed by atoms with Crippen molar-refractivity contribution in [2.24, 2.45) is 0 Å². The highest BCUT2D eigenvalue weighted by molar-refractivity contribution is 5.42. The minimum Gasteiger partial charge on any atom is -0.493 e. The van der Waals surface area contributed by atoms with Crippen LogP contribution in [0, 0.1) is 0 Å². The van der Waals surface area contributed by atoms with E-state index in [2.05, 4.69) is 5.32 Å². The molecule has 1 aromatic rings. The molecule has 0 radical (unpaired) electrons. The fourth-order valence-electron chi connectivity index (χ4n) is 1.64. The van der Waals surface area contributed by atoms with Crippen molar-refractivity contribution in [3.05, 3.63) is 23.8 Å². The average Bonchev–Trinajstić information content (AvgIpc) is 3.18. The SMILES string of the molecule is COc1cc(CO)ccc1OCCNC1CC1. The topological polar surface area (TPSA) is 50.7 Å². The number of aliphatic hydroxyl groups is 1. The molecule has 0 bridgehead atoms. The molecule has 94 valence electrons. The molecule has 2 N–H and O–H groups in total. The summed E-state index contributed by atoms with van der Waals surface area (Å²) in [7, 11) is 1.60. The van der Waals surface area contributed by atoms with Gasteiger partial charge in [-0.25, -0.2) is 0 Å². The van der Waals surface area contributed by atoms with Gasteiger partial charge >= 0.3 is 0 Å². The number of aliphatic hydroxyl groups excluding tert-OH is 1. The van der Waals surface area contributed by atoms with E-state index < -0.39 is 0 Å². The lowest BCUT2D eigenvalue weighted by Crippen LogP contribution is -2.22. The monoisotopic (exact) mass is 237 g/mol. The Balaban J connectivity index is 1.84. The van der Waals surface area contributed by atoms with Crippen LogP contribution in [-0.4, -0.2) is 31.4 Å². The van der Waals surface area contributed by atoms with Crippen LogP contribution >= 0.6 is 0 Å². The van der Waals surface area contributed by atoms with Crippen LogP contribution in [0.5, 0.6) is 11.5 Å². The predicted octanol–water partition coefficient (Wildman–Crippen LogP) is 1.32. The highest BCUT2D eigenvalue weighted by atomic mass is 16.5. The molecule has 0 atom stereocenters. The third-order valence-corrected chi connectivity index (χ3v) is 2.78. The fourth-order valence-corrected chi connectivity index (χ4v) is 1.64. The van der Waals surface area contributed by atoms with Crippen molar-refractivity contribution < 1.29 is 14.6 Å². The van der Waals surface area contributed by atoms with Crippen molar-refractivity contribution in [2.45, 2.75) is 25.5 Å². The van der Waals surface area contributed by atoms with Gasteiger partial charge in [-0.1, -0.05) is 6.07 Å². The van der Waals surface area contributed by atoms with Gasteiger partial charge < -0.3 is 19.9 Å². The van der Waals surface area contributed by atoms with Crippen molar-refractivity contribution in [1.29, 1.82) is 0 Å². The second-order valence-corrected chi connectivity index (χ2v) is 4.22. The van der Waals surface area contributed by atoms with E-state index in [0.29, 0.717) is 18.4 Å². The summed E-state index contributed by atoms with van der Waals surface area (Å²) < 4.78 is 10.9. The minimum atomic E-state index is 0.0138. The maximum atomic E-state index is 9.02. The Hall–Kier alpha value is -1.26. The Labute approximate surface area is 102 Å². The molecule has 0 unspecified atom stereocenters. The summed E-state index contributed by atoms with van der Waals surface area (Å²) >= 11 is 0. The van der Waals surface area contributed by atoms with Gasteiger partial charge in [0.1, 0.15) is 6.61 Å². The molecule has 1 aromatic carbocycles. The Morgan fingerprint density at radius 1 is 1.35 bits per heavy atom. The Bertz CT molecular complexity index is 364. The van der Waals surface area contributed by atoms with E-state index >= 15 is 0 Å². The van der Waals surface area contributed by atoms with E-state index in [1.165, 1.54) is 12.8 Å². The highest BCUT2D eigenvalue weighted by Crippen LogP contribution is 2.28. The molecule has 2 rings (SSSR count). The number of hydrogen-bond donors (Lipinski definition) is 2. The third kappa shape index (κ3) is 3.61. The van der Waals surface area contributed by atoms with Gasteiger partial charge in [-0.05, 0) is 30.5 Å². The zero-order valence-corrected chi connectivity index (χ0v) is 10.1. The van der Waals surface area contributed by atoms with Gasteiger partial charge in [0.2, 0.25) is 0 Å². The first kappa shape index (κ1) is 12.2. The van der Waals surface area contributed by atoms with Gasteiger partial charge in [0, 0.05) is 12.6 Å². The van der Waals surface area contributed by atoms with Gasteiger partial charge in [0.15, 0.2) is 11.5 Å². The molecule has 1 fully saturated rings. The zero-order valence-electron chi connectivity index (χ0n) is 10.1. The molecule has 4 nitrogen and oxygen atoms in total. The maximum absolute atomic E-state index is 9.02. The van der Waals surface area contributed by atoms with Crippen LogP contribution in [0.25, 0.3) is 0 Å². The molecule has 0 aliphatic heterocycles. The van der Waals surface area contributed by atoms with Crippen molar-refractivity contribution in [2.75, 3.05) is 20.3 Å². The van der Waals surface area contributed by atoms with Crippen LogP contribution in [-0.2, 0) is 6.61 Å². The molecule has 4 heteroatoms. The summed E-state index contributed by atoms with van der Waals surface area (Å²) in [6.07, 6.45) is 2.57. The summed E-state index contributed by atoms with van der Waals surface area (Å²) in [6, 6.07) is 6.18.